The molecule has 142 valence electrons. The molecule has 4 nitrogen and oxygen atoms in total. The number of oxazole rings is 1. The van der Waals surface area contributed by atoms with Crippen LogP contribution in [0.15, 0.2) is 46.2 Å². The molecule has 0 bridgehead atoms. The highest BCUT2D eigenvalue weighted by Gasteiger charge is 2.27. The van der Waals surface area contributed by atoms with E-state index in [1.807, 2.05) is 48.7 Å². The summed E-state index contributed by atoms with van der Waals surface area (Å²) in [6.45, 7) is 4.64. The van der Waals surface area contributed by atoms with Crippen molar-refractivity contribution in [1.29, 1.82) is 0 Å². The van der Waals surface area contributed by atoms with Crippen LogP contribution in [0.25, 0.3) is 11.5 Å². The standard InChI is InChI=1S/C21H23ClN2O2S/c1-14-18(23-21(26-14)16-5-2-3-6-17(16)22)13-24-10-8-15(9-11-24)20(25)19-7-4-12-27-19/h2-7,12,15,20,25H,8-11,13H2,1H3/t20-/m0/s1. The third kappa shape index (κ3) is 4.11. The summed E-state index contributed by atoms with van der Waals surface area (Å²) < 4.78 is 5.87. The maximum absolute atomic E-state index is 10.6. The molecule has 3 aromatic rings. The van der Waals surface area contributed by atoms with Crippen molar-refractivity contribution in [3.05, 3.63) is 63.1 Å². The van der Waals surface area contributed by atoms with Gasteiger partial charge in [0.15, 0.2) is 0 Å². The van der Waals surface area contributed by atoms with Crippen LogP contribution in [0.1, 0.15) is 35.3 Å². The Morgan fingerprint density at radius 3 is 2.74 bits per heavy atom. The second-order valence-corrected chi connectivity index (χ2v) is 8.46. The van der Waals surface area contributed by atoms with Crippen molar-refractivity contribution in [3.63, 3.8) is 0 Å². The lowest BCUT2D eigenvalue weighted by Gasteiger charge is -2.33. The molecule has 0 aliphatic carbocycles. The molecule has 3 heterocycles. The molecule has 4 rings (SSSR count). The number of likely N-dealkylation sites (tertiary alicyclic amines) is 1. The first-order chi connectivity index (χ1) is 13.1. The van der Waals surface area contributed by atoms with Gasteiger partial charge >= 0.3 is 0 Å². The number of aryl methyl sites for hydroxylation is 1. The Balaban J connectivity index is 1.39. The topological polar surface area (TPSA) is 49.5 Å². The summed E-state index contributed by atoms with van der Waals surface area (Å²) in [5.74, 6) is 1.75. The smallest absolute Gasteiger partial charge is 0.228 e. The number of benzene rings is 1. The maximum Gasteiger partial charge on any atom is 0.228 e. The molecular weight excluding hydrogens is 380 g/mol. The van der Waals surface area contributed by atoms with Crippen LogP contribution in [-0.4, -0.2) is 28.1 Å². The number of rotatable bonds is 5. The molecule has 1 N–H and O–H groups in total. The zero-order valence-electron chi connectivity index (χ0n) is 15.3. The molecule has 1 saturated heterocycles. The van der Waals surface area contributed by atoms with Gasteiger partial charge in [-0.25, -0.2) is 4.98 Å². The molecule has 6 heteroatoms. The Labute approximate surface area is 168 Å². The molecule has 1 fully saturated rings. The average Bonchev–Trinajstić information content (AvgIpc) is 3.33. The highest BCUT2D eigenvalue weighted by Crippen LogP contribution is 2.34. The van der Waals surface area contributed by atoms with E-state index in [0.29, 0.717) is 16.8 Å². The van der Waals surface area contributed by atoms with E-state index in [1.165, 1.54) is 0 Å². The first-order valence-electron chi connectivity index (χ1n) is 9.27. The minimum Gasteiger partial charge on any atom is -0.441 e. The van der Waals surface area contributed by atoms with E-state index < -0.39 is 0 Å². The van der Waals surface area contributed by atoms with Crippen LogP contribution in [0, 0.1) is 12.8 Å². The lowest BCUT2D eigenvalue weighted by molar-refractivity contribution is 0.0586. The summed E-state index contributed by atoms with van der Waals surface area (Å²) in [7, 11) is 0. The highest BCUT2D eigenvalue weighted by molar-refractivity contribution is 7.10. The van der Waals surface area contributed by atoms with E-state index in [0.717, 1.165) is 54.4 Å². The first kappa shape index (κ1) is 18.7. The minimum atomic E-state index is -0.340. The Bertz CT molecular complexity index is 885. The fourth-order valence-corrected chi connectivity index (χ4v) is 4.67. The van der Waals surface area contributed by atoms with E-state index in [-0.39, 0.29) is 6.10 Å². The number of piperidine rings is 1. The number of halogens is 1. The molecule has 1 aromatic carbocycles. The molecule has 0 saturated carbocycles. The number of nitrogens with zero attached hydrogens (tertiary/aromatic N) is 2. The van der Waals surface area contributed by atoms with Gasteiger partial charge in [-0.2, -0.15) is 0 Å². The number of aliphatic hydroxyl groups excluding tert-OH is 1. The SMILES string of the molecule is Cc1oc(-c2ccccc2Cl)nc1CN1CCC([C@H](O)c2cccs2)CC1. The van der Waals surface area contributed by atoms with Crippen molar-refractivity contribution in [3.8, 4) is 11.5 Å². The molecule has 1 aliphatic heterocycles. The van der Waals surface area contributed by atoms with Crippen LogP contribution in [0.3, 0.4) is 0 Å². The van der Waals surface area contributed by atoms with Crippen LogP contribution in [0.4, 0.5) is 0 Å². The Hall–Kier alpha value is -1.66. The van der Waals surface area contributed by atoms with Gasteiger partial charge in [0, 0.05) is 11.4 Å². The molecule has 1 atom stereocenters. The lowest BCUT2D eigenvalue weighted by atomic mass is 9.90. The molecule has 0 unspecified atom stereocenters. The van der Waals surface area contributed by atoms with Crippen LogP contribution < -0.4 is 0 Å². The number of hydrogen-bond donors (Lipinski definition) is 1. The van der Waals surface area contributed by atoms with Gasteiger partial charge in [0.1, 0.15) is 5.76 Å². The zero-order valence-corrected chi connectivity index (χ0v) is 16.8. The van der Waals surface area contributed by atoms with Gasteiger partial charge in [-0.3, -0.25) is 4.90 Å². The number of hydrogen-bond acceptors (Lipinski definition) is 5. The monoisotopic (exact) mass is 402 g/mol. The van der Waals surface area contributed by atoms with E-state index in [9.17, 15) is 5.11 Å². The first-order valence-corrected chi connectivity index (χ1v) is 10.5. The molecule has 0 radical (unpaired) electrons. The molecule has 1 aliphatic rings. The Morgan fingerprint density at radius 2 is 2.04 bits per heavy atom. The van der Waals surface area contributed by atoms with Gasteiger partial charge in [0.05, 0.1) is 22.4 Å². The maximum atomic E-state index is 10.6. The second kappa shape index (κ2) is 8.15. The van der Waals surface area contributed by atoms with E-state index in [1.54, 1.807) is 11.3 Å². The Kier molecular flexibility index (Phi) is 5.64. The van der Waals surface area contributed by atoms with E-state index in [4.69, 9.17) is 16.0 Å². The zero-order chi connectivity index (χ0) is 18.8. The van der Waals surface area contributed by atoms with Gasteiger partial charge in [-0.1, -0.05) is 29.8 Å². The van der Waals surface area contributed by atoms with E-state index >= 15 is 0 Å². The summed E-state index contributed by atoms with van der Waals surface area (Å²) in [5, 5.41) is 13.2. The molecule has 2 aromatic heterocycles. The number of aromatic nitrogens is 1. The lowest BCUT2D eigenvalue weighted by Crippen LogP contribution is -2.35. The summed E-state index contributed by atoms with van der Waals surface area (Å²) in [4.78, 5) is 8.15. The number of aliphatic hydroxyl groups is 1. The normalized spacial score (nSPS) is 17.3. The fraction of sp³-hybridized carbons (Fsp3) is 0.381. The van der Waals surface area contributed by atoms with Crippen molar-refractivity contribution in [2.75, 3.05) is 13.1 Å². The van der Waals surface area contributed by atoms with E-state index in [2.05, 4.69) is 9.88 Å². The van der Waals surface area contributed by atoms with Gasteiger partial charge in [-0.05, 0) is 62.4 Å². The molecular formula is C21H23ClN2O2S. The van der Waals surface area contributed by atoms with Crippen molar-refractivity contribution in [2.45, 2.75) is 32.4 Å². The predicted octanol–water partition coefficient (Wildman–Crippen LogP) is 5.31. The average molecular weight is 403 g/mol. The van der Waals surface area contributed by atoms with Crippen molar-refractivity contribution in [2.24, 2.45) is 5.92 Å². The third-order valence-corrected chi connectivity index (χ3v) is 6.56. The van der Waals surface area contributed by atoms with Gasteiger partial charge in [-0.15, -0.1) is 11.3 Å². The van der Waals surface area contributed by atoms with Gasteiger partial charge in [0.2, 0.25) is 5.89 Å². The summed E-state index contributed by atoms with van der Waals surface area (Å²) in [6.07, 6.45) is 1.65. The van der Waals surface area contributed by atoms with Gasteiger partial charge < -0.3 is 9.52 Å². The fourth-order valence-electron chi connectivity index (χ4n) is 3.66. The summed E-state index contributed by atoms with van der Waals surface area (Å²) in [6, 6.07) is 11.6. The Morgan fingerprint density at radius 1 is 1.26 bits per heavy atom. The predicted molar refractivity (Wildman–Crippen MR) is 109 cm³/mol. The summed E-state index contributed by atoms with van der Waals surface area (Å²) >= 11 is 7.90. The third-order valence-electron chi connectivity index (χ3n) is 5.28. The minimum absolute atomic E-state index is 0.331. The number of thiophene rings is 1. The van der Waals surface area contributed by atoms with Crippen LogP contribution in [0.2, 0.25) is 5.02 Å². The second-order valence-electron chi connectivity index (χ2n) is 7.08. The quantitative estimate of drug-likeness (QED) is 0.628. The van der Waals surface area contributed by atoms with Crippen molar-refractivity contribution >= 4 is 22.9 Å². The van der Waals surface area contributed by atoms with Crippen molar-refractivity contribution in [1.82, 2.24) is 9.88 Å². The molecule has 27 heavy (non-hydrogen) atoms. The van der Waals surface area contributed by atoms with Crippen LogP contribution >= 0.6 is 22.9 Å². The largest absolute Gasteiger partial charge is 0.441 e. The van der Waals surface area contributed by atoms with Crippen LogP contribution in [-0.2, 0) is 6.54 Å². The van der Waals surface area contributed by atoms with Crippen molar-refractivity contribution < 1.29 is 9.52 Å². The summed E-state index contributed by atoms with van der Waals surface area (Å²) in [5.41, 5.74) is 1.79. The van der Waals surface area contributed by atoms with Gasteiger partial charge in [0.25, 0.3) is 0 Å². The molecule has 0 amide bonds. The molecule has 0 spiro atoms. The highest BCUT2D eigenvalue weighted by atomic mass is 35.5. The van der Waals surface area contributed by atoms with Crippen LogP contribution in [0.5, 0.6) is 0 Å².